The highest BCUT2D eigenvalue weighted by Gasteiger charge is 2.24. The summed E-state index contributed by atoms with van der Waals surface area (Å²) >= 11 is 0. The first kappa shape index (κ1) is 16.5. The summed E-state index contributed by atoms with van der Waals surface area (Å²) in [6.45, 7) is 1.85. The third-order valence-corrected chi connectivity index (χ3v) is 4.56. The fourth-order valence-corrected chi connectivity index (χ4v) is 3.34. The maximum atomic E-state index is 5.03. The Balaban J connectivity index is 1.90. The van der Waals surface area contributed by atoms with E-state index in [-0.39, 0.29) is 0 Å². The SMILES string of the molecule is CNCCCN1c2ccccc2C(c2ccccc2)=Nc2cccnc21. The molecular formula is C22H22N4. The number of fused-ring (bicyclic) bond motifs is 2. The molecule has 1 aromatic heterocycles. The van der Waals surface area contributed by atoms with Gasteiger partial charge in [-0.15, -0.1) is 0 Å². The van der Waals surface area contributed by atoms with Crippen molar-refractivity contribution in [2.24, 2.45) is 4.99 Å². The molecule has 0 amide bonds. The van der Waals surface area contributed by atoms with Gasteiger partial charge in [0.1, 0.15) is 5.69 Å². The van der Waals surface area contributed by atoms with E-state index in [0.29, 0.717) is 0 Å². The molecule has 4 nitrogen and oxygen atoms in total. The number of aromatic nitrogens is 1. The van der Waals surface area contributed by atoms with Crippen molar-refractivity contribution in [2.45, 2.75) is 6.42 Å². The molecule has 2 aromatic carbocycles. The molecule has 0 saturated carbocycles. The first-order valence-corrected chi connectivity index (χ1v) is 8.99. The van der Waals surface area contributed by atoms with Crippen molar-refractivity contribution in [3.8, 4) is 0 Å². The summed E-state index contributed by atoms with van der Waals surface area (Å²) in [6.07, 6.45) is 2.87. The number of benzene rings is 2. The van der Waals surface area contributed by atoms with E-state index in [4.69, 9.17) is 4.99 Å². The Morgan fingerprint density at radius 2 is 1.73 bits per heavy atom. The van der Waals surface area contributed by atoms with Gasteiger partial charge in [0.2, 0.25) is 0 Å². The highest BCUT2D eigenvalue weighted by Crippen LogP contribution is 2.38. The standard InChI is InChI=1S/C22H22N4/c1-23-14-8-16-26-20-13-6-5-11-18(20)21(17-9-3-2-4-10-17)25-19-12-7-15-24-22(19)26/h2-7,9-13,15,23H,8,14,16H2,1H3. The second-order valence-electron chi connectivity index (χ2n) is 6.30. The number of nitrogens with zero attached hydrogens (tertiary/aromatic N) is 3. The second kappa shape index (κ2) is 7.50. The number of para-hydroxylation sites is 1. The molecule has 0 fully saturated rings. The lowest BCUT2D eigenvalue weighted by molar-refractivity contribution is 0.721. The van der Waals surface area contributed by atoms with Crippen LogP contribution in [0.1, 0.15) is 17.5 Å². The molecule has 0 unspecified atom stereocenters. The van der Waals surface area contributed by atoms with Gasteiger partial charge in [-0.3, -0.25) is 0 Å². The predicted molar refractivity (Wildman–Crippen MR) is 108 cm³/mol. The molecule has 3 aromatic rings. The predicted octanol–water partition coefficient (Wildman–Crippen LogP) is 4.31. The summed E-state index contributed by atoms with van der Waals surface area (Å²) in [7, 11) is 1.99. The maximum Gasteiger partial charge on any atom is 0.159 e. The highest BCUT2D eigenvalue weighted by molar-refractivity contribution is 6.18. The Morgan fingerprint density at radius 3 is 2.58 bits per heavy atom. The Kier molecular flexibility index (Phi) is 4.75. The number of nitrogens with one attached hydrogen (secondary N) is 1. The molecule has 2 heterocycles. The average Bonchev–Trinajstić information content (AvgIpc) is 2.84. The average molecular weight is 342 g/mol. The van der Waals surface area contributed by atoms with Crippen LogP contribution in [0.15, 0.2) is 77.9 Å². The van der Waals surface area contributed by atoms with Crippen molar-refractivity contribution < 1.29 is 0 Å². The fraction of sp³-hybridized carbons (Fsp3) is 0.182. The molecule has 1 aliphatic rings. The van der Waals surface area contributed by atoms with Gasteiger partial charge in [0.25, 0.3) is 0 Å². The number of hydrogen-bond acceptors (Lipinski definition) is 4. The van der Waals surface area contributed by atoms with Gasteiger partial charge in [-0.25, -0.2) is 9.98 Å². The first-order chi connectivity index (χ1) is 12.9. The van der Waals surface area contributed by atoms with Gasteiger partial charge < -0.3 is 10.2 Å². The van der Waals surface area contributed by atoms with E-state index in [9.17, 15) is 0 Å². The summed E-state index contributed by atoms with van der Waals surface area (Å²) in [6, 6.07) is 22.8. The summed E-state index contributed by atoms with van der Waals surface area (Å²) < 4.78 is 0. The van der Waals surface area contributed by atoms with E-state index in [1.165, 1.54) is 0 Å². The molecule has 0 saturated heterocycles. The van der Waals surface area contributed by atoms with E-state index in [0.717, 1.165) is 53.5 Å². The Morgan fingerprint density at radius 1 is 0.923 bits per heavy atom. The van der Waals surface area contributed by atoms with E-state index < -0.39 is 0 Å². The molecule has 0 radical (unpaired) electrons. The van der Waals surface area contributed by atoms with Crippen LogP contribution in [0.3, 0.4) is 0 Å². The Bertz CT molecular complexity index is 918. The third kappa shape index (κ3) is 3.11. The van der Waals surface area contributed by atoms with E-state index >= 15 is 0 Å². The van der Waals surface area contributed by atoms with Crippen LogP contribution in [0.25, 0.3) is 0 Å². The Hall–Kier alpha value is -2.98. The van der Waals surface area contributed by atoms with E-state index in [2.05, 4.69) is 63.7 Å². The molecule has 1 N–H and O–H groups in total. The van der Waals surface area contributed by atoms with Crippen molar-refractivity contribution >= 4 is 22.9 Å². The normalized spacial score (nSPS) is 12.8. The molecular weight excluding hydrogens is 320 g/mol. The molecule has 0 bridgehead atoms. The first-order valence-electron chi connectivity index (χ1n) is 8.99. The molecule has 1 aliphatic heterocycles. The highest BCUT2D eigenvalue weighted by atomic mass is 15.2. The molecule has 0 spiro atoms. The number of pyridine rings is 1. The number of anilines is 2. The van der Waals surface area contributed by atoms with E-state index in [1.807, 2.05) is 31.4 Å². The number of rotatable bonds is 5. The molecule has 4 heteroatoms. The summed E-state index contributed by atoms with van der Waals surface area (Å²) in [4.78, 5) is 12.0. The minimum atomic E-state index is 0.888. The number of hydrogen-bond donors (Lipinski definition) is 1. The largest absolute Gasteiger partial charge is 0.324 e. The second-order valence-corrected chi connectivity index (χ2v) is 6.30. The van der Waals surface area contributed by atoms with Gasteiger partial charge in [-0.1, -0.05) is 48.5 Å². The summed E-state index contributed by atoms with van der Waals surface area (Å²) in [5.74, 6) is 0.919. The van der Waals surface area contributed by atoms with Crippen LogP contribution in [0.2, 0.25) is 0 Å². The Labute approximate surface area is 154 Å². The van der Waals surface area contributed by atoms with Gasteiger partial charge >= 0.3 is 0 Å². The van der Waals surface area contributed by atoms with Gasteiger partial charge in [0, 0.05) is 23.9 Å². The maximum absolute atomic E-state index is 5.03. The van der Waals surface area contributed by atoms with Crippen LogP contribution in [0, 0.1) is 0 Å². The van der Waals surface area contributed by atoms with Crippen LogP contribution >= 0.6 is 0 Å². The smallest absolute Gasteiger partial charge is 0.159 e. The minimum absolute atomic E-state index is 0.888. The van der Waals surface area contributed by atoms with Crippen molar-refractivity contribution in [1.82, 2.24) is 10.3 Å². The quantitative estimate of drug-likeness (QED) is 0.702. The lowest BCUT2D eigenvalue weighted by atomic mass is 10.00. The summed E-state index contributed by atoms with van der Waals surface area (Å²) in [5.41, 5.74) is 5.32. The molecule has 0 atom stereocenters. The van der Waals surface area contributed by atoms with Crippen molar-refractivity contribution in [2.75, 3.05) is 25.0 Å². The van der Waals surface area contributed by atoms with Gasteiger partial charge in [0.05, 0.1) is 11.4 Å². The van der Waals surface area contributed by atoms with Crippen molar-refractivity contribution in [1.29, 1.82) is 0 Å². The van der Waals surface area contributed by atoms with Crippen LogP contribution in [-0.2, 0) is 0 Å². The van der Waals surface area contributed by atoms with Crippen LogP contribution in [0.4, 0.5) is 17.2 Å². The van der Waals surface area contributed by atoms with Gasteiger partial charge in [0.15, 0.2) is 5.82 Å². The zero-order valence-corrected chi connectivity index (χ0v) is 14.9. The van der Waals surface area contributed by atoms with Crippen LogP contribution in [-0.4, -0.2) is 30.8 Å². The van der Waals surface area contributed by atoms with Crippen molar-refractivity contribution in [3.63, 3.8) is 0 Å². The molecule has 130 valence electrons. The third-order valence-electron chi connectivity index (χ3n) is 4.56. The lowest BCUT2D eigenvalue weighted by Crippen LogP contribution is -2.24. The zero-order valence-electron chi connectivity index (χ0n) is 14.9. The number of aliphatic imine (C=N–C) groups is 1. The van der Waals surface area contributed by atoms with Crippen molar-refractivity contribution in [3.05, 3.63) is 84.1 Å². The lowest BCUT2D eigenvalue weighted by Gasteiger charge is -2.25. The van der Waals surface area contributed by atoms with Gasteiger partial charge in [-0.05, 0) is 38.2 Å². The monoisotopic (exact) mass is 342 g/mol. The minimum Gasteiger partial charge on any atom is -0.324 e. The topological polar surface area (TPSA) is 40.5 Å². The molecule has 4 rings (SSSR count). The van der Waals surface area contributed by atoms with Gasteiger partial charge in [-0.2, -0.15) is 0 Å². The van der Waals surface area contributed by atoms with E-state index in [1.54, 1.807) is 0 Å². The summed E-state index contributed by atoms with van der Waals surface area (Å²) in [5, 5.41) is 3.23. The fourth-order valence-electron chi connectivity index (χ4n) is 3.34. The zero-order chi connectivity index (χ0) is 17.8. The van der Waals surface area contributed by atoms with Crippen LogP contribution in [0.5, 0.6) is 0 Å². The van der Waals surface area contributed by atoms with Crippen LogP contribution < -0.4 is 10.2 Å². The molecule has 26 heavy (non-hydrogen) atoms. The molecule has 0 aliphatic carbocycles.